The molecule has 0 saturated heterocycles. The first-order valence-electron chi connectivity index (χ1n) is 23.7. The van der Waals surface area contributed by atoms with Crippen LogP contribution in [0.15, 0.2) is 85.1 Å². The van der Waals surface area contributed by atoms with E-state index < -0.39 is 6.10 Å². The molecule has 0 aliphatic carbocycles. The Bertz CT molecular complexity index is 1160. The Hall–Kier alpha value is -3.41. The van der Waals surface area contributed by atoms with E-state index in [0.29, 0.717) is 19.3 Å². The van der Waals surface area contributed by atoms with Gasteiger partial charge in [0, 0.05) is 19.3 Å². The molecule has 0 bridgehead atoms. The van der Waals surface area contributed by atoms with Gasteiger partial charge in [-0.3, -0.25) is 14.4 Å². The molecular weight excluding hydrogens is 721 g/mol. The summed E-state index contributed by atoms with van der Waals surface area (Å²) in [4.78, 5) is 37.8. The molecule has 0 spiro atoms. The van der Waals surface area contributed by atoms with Crippen molar-refractivity contribution >= 4 is 17.9 Å². The predicted octanol–water partition coefficient (Wildman–Crippen LogP) is 15.3. The fourth-order valence-electron chi connectivity index (χ4n) is 6.19. The van der Waals surface area contributed by atoms with Crippen LogP contribution >= 0.6 is 0 Å². The van der Waals surface area contributed by atoms with Gasteiger partial charge < -0.3 is 14.2 Å². The average molecular weight is 807 g/mol. The van der Waals surface area contributed by atoms with Crippen LogP contribution in [0, 0.1) is 0 Å². The smallest absolute Gasteiger partial charge is 0.306 e. The summed E-state index contributed by atoms with van der Waals surface area (Å²) in [6, 6.07) is 0. The Morgan fingerprint density at radius 3 is 1.09 bits per heavy atom. The van der Waals surface area contributed by atoms with Gasteiger partial charge >= 0.3 is 17.9 Å². The van der Waals surface area contributed by atoms with Crippen molar-refractivity contribution in [3.05, 3.63) is 85.1 Å². The molecule has 0 aromatic rings. The highest BCUT2D eigenvalue weighted by molar-refractivity contribution is 5.71. The summed E-state index contributed by atoms with van der Waals surface area (Å²) >= 11 is 0. The van der Waals surface area contributed by atoms with Gasteiger partial charge in [0.25, 0.3) is 0 Å². The van der Waals surface area contributed by atoms with Crippen LogP contribution in [0.3, 0.4) is 0 Å². The highest BCUT2D eigenvalue weighted by atomic mass is 16.6. The third-order valence-electron chi connectivity index (χ3n) is 9.74. The molecule has 0 aliphatic rings. The topological polar surface area (TPSA) is 78.9 Å². The molecule has 58 heavy (non-hydrogen) atoms. The van der Waals surface area contributed by atoms with Crippen LogP contribution in [0.2, 0.25) is 0 Å². The van der Waals surface area contributed by atoms with E-state index in [1.807, 2.05) is 0 Å². The van der Waals surface area contributed by atoms with Crippen LogP contribution in [0.5, 0.6) is 0 Å². The first-order valence-corrected chi connectivity index (χ1v) is 23.7. The van der Waals surface area contributed by atoms with Gasteiger partial charge in [-0.15, -0.1) is 0 Å². The van der Waals surface area contributed by atoms with E-state index in [-0.39, 0.29) is 31.1 Å². The maximum Gasteiger partial charge on any atom is 0.306 e. The quantitative estimate of drug-likeness (QED) is 0.0201. The van der Waals surface area contributed by atoms with E-state index in [4.69, 9.17) is 14.2 Å². The van der Waals surface area contributed by atoms with Crippen molar-refractivity contribution < 1.29 is 28.6 Å². The van der Waals surface area contributed by atoms with Crippen molar-refractivity contribution in [3.8, 4) is 0 Å². The van der Waals surface area contributed by atoms with Gasteiger partial charge in [0.2, 0.25) is 0 Å². The number of hydrogen-bond acceptors (Lipinski definition) is 6. The Morgan fingerprint density at radius 2 is 0.690 bits per heavy atom. The van der Waals surface area contributed by atoms with Crippen LogP contribution in [0.4, 0.5) is 0 Å². The largest absolute Gasteiger partial charge is 0.462 e. The van der Waals surface area contributed by atoms with E-state index in [2.05, 4.69) is 106 Å². The lowest BCUT2D eigenvalue weighted by Crippen LogP contribution is -2.30. The third kappa shape index (κ3) is 43.7. The molecule has 0 aromatic heterocycles. The lowest BCUT2D eigenvalue weighted by atomic mass is 10.1. The van der Waals surface area contributed by atoms with Gasteiger partial charge in [-0.05, 0) is 77.0 Å². The van der Waals surface area contributed by atoms with E-state index in [1.165, 1.54) is 64.2 Å². The van der Waals surface area contributed by atoms with Gasteiger partial charge in [0.05, 0.1) is 0 Å². The second-order valence-electron chi connectivity index (χ2n) is 15.4. The second-order valence-corrected chi connectivity index (χ2v) is 15.4. The van der Waals surface area contributed by atoms with Crippen molar-refractivity contribution in [2.24, 2.45) is 0 Å². The van der Waals surface area contributed by atoms with Gasteiger partial charge in [-0.1, -0.05) is 196 Å². The number of hydrogen-bond donors (Lipinski definition) is 0. The predicted molar refractivity (Wildman–Crippen MR) is 247 cm³/mol. The average Bonchev–Trinajstić information content (AvgIpc) is 3.22. The van der Waals surface area contributed by atoms with Gasteiger partial charge in [0.15, 0.2) is 6.10 Å². The Labute approximate surface area is 356 Å². The van der Waals surface area contributed by atoms with Crippen LogP contribution in [0.1, 0.15) is 207 Å². The first kappa shape index (κ1) is 54.6. The van der Waals surface area contributed by atoms with Gasteiger partial charge in [-0.2, -0.15) is 0 Å². The van der Waals surface area contributed by atoms with Crippen molar-refractivity contribution in [2.45, 2.75) is 213 Å². The molecule has 0 heterocycles. The summed E-state index contributed by atoms with van der Waals surface area (Å²) in [5.74, 6) is -0.936. The molecule has 1 atom stereocenters. The zero-order valence-electron chi connectivity index (χ0n) is 37.5. The maximum atomic E-state index is 12.7. The molecule has 0 aromatic carbocycles. The monoisotopic (exact) mass is 807 g/mol. The summed E-state index contributed by atoms with van der Waals surface area (Å²) in [5.41, 5.74) is 0. The summed E-state index contributed by atoms with van der Waals surface area (Å²) in [5, 5.41) is 0. The van der Waals surface area contributed by atoms with E-state index in [0.717, 1.165) is 103 Å². The molecular formula is C52H86O6. The molecule has 0 amide bonds. The van der Waals surface area contributed by atoms with Crippen molar-refractivity contribution in [1.29, 1.82) is 0 Å². The lowest BCUT2D eigenvalue weighted by molar-refractivity contribution is -0.167. The number of carbonyl (C=O) groups excluding carboxylic acids is 3. The summed E-state index contributed by atoms with van der Waals surface area (Å²) in [6.07, 6.45) is 58.5. The zero-order valence-corrected chi connectivity index (χ0v) is 37.5. The summed E-state index contributed by atoms with van der Waals surface area (Å²) < 4.78 is 16.7. The SMILES string of the molecule is CC\C=C/C=C\C=C/CCCCCCCCCC(=O)OCC(COC(=O)CCCCCC/C=C\CCCC)OC(=O)CCCCCCCCC\C=C/C=C\C=C/CC. The number of carbonyl (C=O) groups is 3. The fourth-order valence-corrected chi connectivity index (χ4v) is 6.19. The molecule has 0 radical (unpaired) electrons. The number of allylic oxidation sites excluding steroid dienone is 14. The molecule has 6 heteroatoms. The maximum absolute atomic E-state index is 12.7. The number of rotatable bonds is 41. The molecule has 0 N–H and O–H groups in total. The summed E-state index contributed by atoms with van der Waals surface area (Å²) in [6.45, 7) is 6.29. The molecule has 6 nitrogen and oxygen atoms in total. The van der Waals surface area contributed by atoms with Gasteiger partial charge in [-0.25, -0.2) is 0 Å². The normalized spacial score (nSPS) is 12.8. The second kappa shape index (κ2) is 46.3. The van der Waals surface area contributed by atoms with E-state index in [9.17, 15) is 14.4 Å². The molecule has 0 aliphatic heterocycles. The van der Waals surface area contributed by atoms with Crippen LogP contribution in [0.25, 0.3) is 0 Å². The van der Waals surface area contributed by atoms with Crippen LogP contribution < -0.4 is 0 Å². The molecule has 330 valence electrons. The molecule has 0 rings (SSSR count). The highest BCUT2D eigenvalue weighted by Crippen LogP contribution is 2.14. The van der Waals surface area contributed by atoms with Crippen molar-refractivity contribution in [3.63, 3.8) is 0 Å². The fraction of sp³-hybridized carbons (Fsp3) is 0.673. The third-order valence-corrected chi connectivity index (χ3v) is 9.74. The first-order chi connectivity index (χ1) is 28.5. The summed E-state index contributed by atoms with van der Waals surface area (Å²) in [7, 11) is 0. The number of unbranched alkanes of at least 4 members (excludes halogenated alkanes) is 20. The standard InChI is InChI=1S/C52H86O6/c1-4-7-10-13-16-19-22-24-26-28-30-33-36-39-42-45-51(54)57-48-49(47-56-50(53)44-41-38-35-32-21-18-15-12-9-6-3)58-52(55)46-43-40-37-34-31-29-27-25-23-20-17-14-11-8-5-2/h7-8,10-11,13-20,22-23,49H,4-6,9,12,21,24-48H2,1-3H3/b10-7-,11-8-,16-13-,17-14-,18-15-,22-19-,23-20-. The zero-order chi connectivity index (χ0) is 42.3. The molecule has 0 saturated carbocycles. The van der Waals surface area contributed by atoms with Gasteiger partial charge in [0.1, 0.15) is 13.2 Å². The highest BCUT2D eigenvalue weighted by Gasteiger charge is 2.19. The van der Waals surface area contributed by atoms with E-state index >= 15 is 0 Å². The van der Waals surface area contributed by atoms with Crippen molar-refractivity contribution in [2.75, 3.05) is 13.2 Å². The van der Waals surface area contributed by atoms with Crippen molar-refractivity contribution in [1.82, 2.24) is 0 Å². The van der Waals surface area contributed by atoms with Crippen LogP contribution in [-0.4, -0.2) is 37.2 Å². The Morgan fingerprint density at radius 1 is 0.362 bits per heavy atom. The minimum atomic E-state index is -0.791. The minimum Gasteiger partial charge on any atom is -0.462 e. The Balaban J connectivity index is 4.42. The van der Waals surface area contributed by atoms with E-state index in [1.54, 1.807) is 0 Å². The lowest BCUT2D eigenvalue weighted by Gasteiger charge is -2.18. The Kier molecular flexibility index (Phi) is 43.6. The minimum absolute atomic E-state index is 0.0926. The number of esters is 3. The molecule has 0 fully saturated rings. The van der Waals surface area contributed by atoms with Crippen LogP contribution in [-0.2, 0) is 28.6 Å². The molecule has 1 unspecified atom stereocenters. The number of ether oxygens (including phenoxy) is 3.